The van der Waals surface area contributed by atoms with Gasteiger partial charge in [0.1, 0.15) is 12.4 Å². The number of nitrogens with one attached hydrogen (secondary N) is 1. The van der Waals surface area contributed by atoms with Gasteiger partial charge in [0.2, 0.25) is 11.8 Å². The Morgan fingerprint density at radius 3 is 2.70 bits per heavy atom. The Morgan fingerprint density at radius 1 is 1.10 bits per heavy atom. The number of nitrogens with zero attached hydrogens (tertiary/aromatic N) is 3. The topological polar surface area (TPSA) is 111 Å². The number of carbonyl (C=O) groups excluding carboxylic acids is 1. The van der Waals surface area contributed by atoms with Gasteiger partial charge in [0.15, 0.2) is 0 Å². The van der Waals surface area contributed by atoms with Crippen LogP contribution in [0.1, 0.15) is 29.3 Å². The number of aryl methyl sites for hydroxylation is 3. The van der Waals surface area contributed by atoms with E-state index in [0.29, 0.717) is 28.5 Å². The molecular weight excluding hydrogens is 384 g/mol. The Labute approximate surface area is 171 Å². The summed E-state index contributed by atoms with van der Waals surface area (Å²) in [5.74, 6) is 0.620. The molecule has 0 saturated heterocycles. The van der Waals surface area contributed by atoms with E-state index in [1.165, 1.54) is 0 Å². The molecular formula is C22H20N4O4. The molecule has 8 heteroatoms. The van der Waals surface area contributed by atoms with Crippen LogP contribution in [-0.2, 0) is 22.6 Å². The van der Waals surface area contributed by atoms with E-state index in [4.69, 9.17) is 9.15 Å². The average Bonchev–Trinajstić information content (AvgIpc) is 3.21. The number of aromatic nitrogens is 4. The van der Waals surface area contributed by atoms with Gasteiger partial charge in [-0.05, 0) is 37.6 Å². The van der Waals surface area contributed by atoms with Gasteiger partial charge in [-0.2, -0.15) is 0 Å². The molecule has 0 aliphatic carbocycles. The highest BCUT2D eigenvalue weighted by Gasteiger charge is 2.12. The largest absolute Gasteiger partial charge is 0.458 e. The highest BCUT2D eigenvalue weighted by atomic mass is 16.5. The van der Waals surface area contributed by atoms with Crippen LogP contribution >= 0.6 is 0 Å². The third-order valence-corrected chi connectivity index (χ3v) is 4.67. The second-order valence-corrected chi connectivity index (χ2v) is 7.01. The van der Waals surface area contributed by atoms with Crippen molar-refractivity contribution >= 4 is 16.9 Å². The first-order valence-electron chi connectivity index (χ1n) is 9.53. The van der Waals surface area contributed by atoms with Gasteiger partial charge in [0.25, 0.3) is 5.56 Å². The Kier molecular flexibility index (Phi) is 5.38. The van der Waals surface area contributed by atoms with Crippen LogP contribution in [0.5, 0.6) is 0 Å². The molecule has 0 fully saturated rings. The van der Waals surface area contributed by atoms with Crippen LogP contribution in [0.25, 0.3) is 22.4 Å². The van der Waals surface area contributed by atoms with Crippen LogP contribution in [-0.4, -0.2) is 26.1 Å². The van der Waals surface area contributed by atoms with Gasteiger partial charge in [-0.15, -0.1) is 10.2 Å². The van der Waals surface area contributed by atoms with Crippen molar-refractivity contribution in [2.75, 3.05) is 0 Å². The van der Waals surface area contributed by atoms with Gasteiger partial charge in [-0.3, -0.25) is 9.59 Å². The molecule has 2 aromatic heterocycles. The van der Waals surface area contributed by atoms with Crippen LogP contribution in [0.2, 0.25) is 0 Å². The van der Waals surface area contributed by atoms with Crippen LogP contribution in [0.4, 0.5) is 0 Å². The summed E-state index contributed by atoms with van der Waals surface area (Å²) in [5, 5.41) is 8.50. The summed E-state index contributed by atoms with van der Waals surface area (Å²) in [6.45, 7) is 3.76. The Morgan fingerprint density at radius 2 is 1.90 bits per heavy atom. The van der Waals surface area contributed by atoms with Crippen molar-refractivity contribution in [3.05, 3.63) is 75.7 Å². The number of ether oxygens (including phenoxy) is 1. The van der Waals surface area contributed by atoms with Gasteiger partial charge < -0.3 is 14.1 Å². The zero-order chi connectivity index (χ0) is 21.1. The van der Waals surface area contributed by atoms with E-state index in [0.717, 1.165) is 16.7 Å². The van der Waals surface area contributed by atoms with Crippen LogP contribution < -0.4 is 5.56 Å². The third-order valence-electron chi connectivity index (χ3n) is 4.67. The van der Waals surface area contributed by atoms with Crippen LogP contribution in [0, 0.1) is 13.8 Å². The number of esters is 1. The van der Waals surface area contributed by atoms with Gasteiger partial charge in [-0.25, -0.2) is 4.98 Å². The van der Waals surface area contributed by atoms with Crippen molar-refractivity contribution in [1.82, 2.24) is 20.2 Å². The predicted octanol–water partition coefficient (Wildman–Crippen LogP) is 3.27. The van der Waals surface area contributed by atoms with Crippen molar-refractivity contribution in [3.63, 3.8) is 0 Å². The monoisotopic (exact) mass is 404 g/mol. The van der Waals surface area contributed by atoms with E-state index in [2.05, 4.69) is 20.2 Å². The number of hydrogen-bond donors (Lipinski definition) is 1. The number of carbonyl (C=O) groups is 1. The van der Waals surface area contributed by atoms with E-state index in [-0.39, 0.29) is 25.0 Å². The minimum Gasteiger partial charge on any atom is -0.458 e. The summed E-state index contributed by atoms with van der Waals surface area (Å²) in [4.78, 5) is 31.3. The van der Waals surface area contributed by atoms with Gasteiger partial charge in [0.05, 0.1) is 17.3 Å². The average molecular weight is 404 g/mol. The summed E-state index contributed by atoms with van der Waals surface area (Å²) < 4.78 is 10.8. The molecule has 0 amide bonds. The number of benzene rings is 2. The molecule has 152 valence electrons. The number of aromatic amines is 1. The molecule has 8 nitrogen and oxygen atoms in total. The van der Waals surface area contributed by atoms with Crippen molar-refractivity contribution in [2.45, 2.75) is 33.3 Å². The predicted molar refractivity (Wildman–Crippen MR) is 110 cm³/mol. The Bertz CT molecular complexity index is 1260. The summed E-state index contributed by atoms with van der Waals surface area (Å²) >= 11 is 0. The maximum absolute atomic E-state index is 12.2. The highest BCUT2D eigenvalue weighted by Crippen LogP contribution is 2.19. The normalized spacial score (nSPS) is 11.0. The Hall–Kier alpha value is -3.81. The molecule has 0 atom stereocenters. The lowest BCUT2D eigenvalue weighted by Crippen LogP contribution is -2.15. The Balaban J connectivity index is 1.35. The van der Waals surface area contributed by atoms with E-state index in [1.807, 2.05) is 44.2 Å². The maximum Gasteiger partial charge on any atom is 0.306 e. The smallest absolute Gasteiger partial charge is 0.306 e. The lowest BCUT2D eigenvalue weighted by molar-refractivity contribution is -0.145. The zero-order valence-electron chi connectivity index (χ0n) is 16.6. The number of rotatable bonds is 6. The molecule has 0 radical (unpaired) electrons. The minimum absolute atomic E-state index is 0.0758. The highest BCUT2D eigenvalue weighted by molar-refractivity contribution is 5.80. The molecule has 30 heavy (non-hydrogen) atoms. The van der Waals surface area contributed by atoms with Gasteiger partial charge in [-0.1, -0.05) is 29.8 Å². The molecule has 0 saturated carbocycles. The first-order chi connectivity index (χ1) is 14.5. The summed E-state index contributed by atoms with van der Waals surface area (Å²) in [6, 6.07) is 13.1. The molecule has 0 spiro atoms. The number of H-pyrrole nitrogens is 1. The van der Waals surface area contributed by atoms with Crippen LogP contribution in [0.15, 0.2) is 51.7 Å². The number of hydrogen-bond acceptors (Lipinski definition) is 7. The fraction of sp³-hybridized carbons (Fsp3) is 0.227. The molecule has 0 bridgehead atoms. The standard InChI is InChI=1S/C22H20N4O4/c1-13-6-8-15(9-7-13)22-26-25-18(30-22)10-11-19(27)29-12-17-23-20-14(2)4-3-5-16(20)21(28)24-17/h3-9H,10-12H2,1-2H3,(H,23,24,28). The van der Waals surface area contributed by atoms with Crippen molar-refractivity contribution in [3.8, 4) is 11.5 Å². The number of para-hydroxylation sites is 1. The van der Waals surface area contributed by atoms with Crippen LogP contribution in [0.3, 0.4) is 0 Å². The molecule has 0 unspecified atom stereocenters. The molecule has 1 N–H and O–H groups in total. The van der Waals surface area contributed by atoms with Crippen molar-refractivity contribution in [2.24, 2.45) is 0 Å². The first kappa shape index (κ1) is 19.5. The summed E-state index contributed by atoms with van der Waals surface area (Å²) in [6.07, 6.45) is 0.338. The van der Waals surface area contributed by atoms with E-state index >= 15 is 0 Å². The van der Waals surface area contributed by atoms with Crippen molar-refractivity contribution in [1.29, 1.82) is 0 Å². The fourth-order valence-electron chi connectivity index (χ4n) is 3.02. The van der Waals surface area contributed by atoms with E-state index in [9.17, 15) is 9.59 Å². The third kappa shape index (κ3) is 4.27. The van der Waals surface area contributed by atoms with Crippen molar-refractivity contribution < 1.29 is 13.9 Å². The molecule has 4 rings (SSSR count). The molecule has 2 heterocycles. The van der Waals surface area contributed by atoms with Gasteiger partial charge in [0, 0.05) is 12.0 Å². The molecule has 4 aromatic rings. The number of fused-ring (bicyclic) bond motifs is 1. The second kappa shape index (κ2) is 8.28. The van der Waals surface area contributed by atoms with E-state index < -0.39 is 5.97 Å². The molecule has 0 aliphatic rings. The maximum atomic E-state index is 12.2. The molecule has 0 aliphatic heterocycles. The second-order valence-electron chi connectivity index (χ2n) is 7.01. The van der Waals surface area contributed by atoms with Gasteiger partial charge >= 0.3 is 5.97 Å². The molecule has 2 aromatic carbocycles. The summed E-state index contributed by atoms with van der Waals surface area (Å²) in [7, 11) is 0. The van der Waals surface area contributed by atoms with E-state index in [1.54, 1.807) is 12.1 Å². The summed E-state index contributed by atoms with van der Waals surface area (Å²) in [5.41, 5.74) is 3.18. The quantitative estimate of drug-likeness (QED) is 0.491. The zero-order valence-corrected chi connectivity index (χ0v) is 16.6. The minimum atomic E-state index is -0.447. The first-order valence-corrected chi connectivity index (χ1v) is 9.53. The lowest BCUT2D eigenvalue weighted by Gasteiger charge is -2.06. The fourth-order valence-corrected chi connectivity index (χ4v) is 3.02. The SMILES string of the molecule is Cc1ccc(-c2nnc(CCC(=O)OCc3nc4c(C)cccc4c(=O)[nH]3)o2)cc1. The lowest BCUT2D eigenvalue weighted by atomic mass is 10.1.